The van der Waals surface area contributed by atoms with E-state index in [9.17, 15) is 23.2 Å². The van der Waals surface area contributed by atoms with Crippen LogP contribution < -0.4 is 11.2 Å². The van der Waals surface area contributed by atoms with Crippen molar-refractivity contribution in [2.75, 3.05) is 14.1 Å². The number of hydrogen-bond acceptors (Lipinski definition) is 5. The third-order valence-electron chi connectivity index (χ3n) is 3.07. The van der Waals surface area contributed by atoms with E-state index in [-0.39, 0.29) is 5.69 Å². The van der Waals surface area contributed by atoms with Crippen LogP contribution in [0.4, 0.5) is 8.78 Å². The molecule has 0 saturated carbocycles. The van der Waals surface area contributed by atoms with Crippen LogP contribution in [0.15, 0.2) is 40.1 Å². The van der Waals surface area contributed by atoms with Crippen molar-refractivity contribution in [2.45, 2.75) is 0 Å². The molecule has 0 amide bonds. The lowest BCUT2D eigenvalue weighted by molar-refractivity contribution is 0.103. The third-order valence-corrected chi connectivity index (χ3v) is 3.07. The van der Waals surface area contributed by atoms with E-state index in [1.54, 1.807) is 19.0 Å². The molecule has 0 radical (unpaired) electrons. The minimum atomic E-state index is -1.05. The second-order valence-electron chi connectivity index (χ2n) is 5.15. The molecule has 0 saturated heterocycles. The van der Waals surface area contributed by atoms with Crippen molar-refractivity contribution < 1.29 is 13.6 Å². The maximum Gasteiger partial charge on any atom is 0.352 e. The molecule has 1 aromatic carbocycles. The number of hydrogen-bond donors (Lipinski definition) is 0. The number of allylic oxidation sites excluding steroid dienone is 1. The van der Waals surface area contributed by atoms with Crippen LogP contribution in [0.3, 0.4) is 0 Å². The van der Waals surface area contributed by atoms with Crippen LogP contribution in [0.5, 0.6) is 0 Å². The largest absolute Gasteiger partial charge is 0.383 e. The van der Waals surface area contributed by atoms with Crippen LogP contribution in [0.25, 0.3) is 5.69 Å². The van der Waals surface area contributed by atoms with Gasteiger partial charge in [0.05, 0.1) is 0 Å². The first-order valence-corrected chi connectivity index (χ1v) is 6.77. The quantitative estimate of drug-likeness (QED) is 0.599. The Morgan fingerprint density at radius 3 is 2.50 bits per heavy atom. The lowest BCUT2D eigenvalue weighted by Crippen LogP contribution is -2.42. The molecule has 0 bridgehead atoms. The van der Waals surface area contributed by atoms with Gasteiger partial charge in [-0.05, 0) is 12.1 Å². The fraction of sp³-hybridized carbons (Fsp3) is 0.200. The van der Waals surface area contributed by atoms with Gasteiger partial charge in [-0.1, -0.05) is 0 Å². The van der Waals surface area contributed by atoms with Crippen LogP contribution in [0, 0.1) is 11.6 Å². The molecule has 1 heterocycles. The Bertz CT molecular complexity index is 945. The molecular formula is C15H14F2N4O3. The van der Waals surface area contributed by atoms with Gasteiger partial charge in [0.25, 0.3) is 5.56 Å². The number of ketones is 1. The zero-order chi connectivity index (χ0) is 18.0. The summed E-state index contributed by atoms with van der Waals surface area (Å²) in [4.78, 5) is 37.9. The molecule has 0 aliphatic rings. The van der Waals surface area contributed by atoms with Crippen LogP contribution in [-0.2, 0) is 7.05 Å². The second kappa shape index (κ2) is 6.57. The van der Waals surface area contributed by atoms with E-state index in [1.807, 2.05) is 0 Å². The summed E-state index contributed by atoms with van der Waals surface area (Å²) in [6, 6.07) is 2.50. The highest BCUT2D eigenvalue weighted by molar-refractivity contribution is 6.02. The Morgan fingerprint density at radius 2 is 1.92 bits per heavy atom. The van der Waals surface area contributed by atoms with Gasteiger partial charge >= 0.3 is 5.69 Å². The van der Waals surface area contributed by atoms with Crippen molar-refractivity contribution in [3.63, 3.8) is 0 Å². The number of halogens is 2. The van der Waals surface area contributed by atoms with Crippen molar-refractivity contribution in [1.29, 1.82) is 0 Å². The van der Waals surface area contributed by atoms with Gasteiger partial charge in [-0.25, -0.2) is 13.6 Å². The van der Waals surface area contributed by atoms with Crippen molar-refractivity contribution in [2.24, 2.45) is 7.05 Å². The first-order chi connectivity index (χ1) is 11.2. The fourth-order valence-corrected chi connectivity index (χ4v) is 1.83. The number of carbonyl (C=O) groups is 1. The topological polar surface area (TPSA) is 77.2 Å². The molecule has 0 N–H and O–H groups in total. The highest BCUT2D eigenvalue weighted by Crippen LogP contribution is 2.11. The predicted molar refractivity (Wildman–Crippen MR) is 82.1 cm³/mol. The molecule has 2 rings (SSSR count). The second-order valence-corrected chi connectivity index (χ2v) is 5.15. The van der Waals surface area contributed by atoms with Crippen LogP contribution in [-0.4, -0.2) is 39.1 Å². The van der Waals surface area contributed by atoms with Crippen molar-refractivity contribution in [1.82, 2.24) is 19.2 Å². The summed E-state index contributed by atoms with van der Waals surface area (Å²) in [5.41, 5.74) is -2.80. The van der Waals surface area contributed by atoms with E-state index in [4.69, 9.17) is 0 Å². The molecule has 0 atom stereocenters. The molecule has 0 unspecified atom stereocenters. The number of nitrogens with zero attached hydrogens (tertiary/aromatic N) is 4. The van der Waals surface area contributed by atoms with E-state index in [0.717, 1.165) is 25.3 Å². The predicted octanol–water partition coefficient (Wildman–Crippen LogP) is 0.467. The third kappa shape index (κ3) is 3.29. The van der Waals surface area contributed by atoms with Gasteiger partial charge in [0, 0.05) is 39.5 Å². The molecule has 0 aliphatic carbocycles. The van der Waals surface area contributed by atoms with Crippen LogP contribution in [0.1, 0.15) is 10.5 Å². The van der Waals surface area contributed by atoms with E-state index in [2.05, 4.69) is 5.10 Å². The summed E-state index contributed by atoms with van der Waals surface area (Å²) < 4.78 is 28.1. The first-order valence-electron chi connectivity index (χ1n) is 6.77. The lowest BCUT2D eigenvalue weighted by Gasteiger charge is -2.09. The van der Waals surface area contributed by atoms with Crippen molar-refractivity contribution in [3.05, 3.63) is 68.6 Å². The minimum absolute atomic E-state index is 0.373. The molecule has 9 heteroatoms. The summed E-state index contributed by atoms with van der Waals surface area (Å²) in [6.07, 6.45) is 2.50. The van der Waals surface area contributed by atoms with Gasteiger partial charge in [0.15, 0.2) is 11.5 Å². The van der Waals surface area contributed by atoms with Gasteiger partial charge in [-0.3, -0.25) is 14.2 Å². The van der Waals surface area contributed by atoms with Crippen molar-refractivity contribution >= 4 is 5.78 Å². The molecule has 2 aromatic rings. The zero-order valence-corrected chi connectivity index (χ0v) is 13.2. The maximum absolute atomic E-state index is 13.9. The Balaban J connectivity index is 2.69. The van der Waals surface area contributed by atoms with E-state index >= 15 is 0 Å². The lowest BCUT2D eigenvalue weighted by atomic mass is 10.3. The smallest absolute Gasteiger partial charge is 0.352 e. The highest BCUT2D eigenvalue weighted by atomic mass is 19.1. The standard InChI is InChI=1S/C15H14F2N4O3/c1-19(2)7-6-12(22)13-14(23)20(3)15(24)21(18-13)11-5-4-9(16)8-10(11)17/h4-8H,1-3H3/b7-6+. The van der Waals surface area contributed by atoms with Crippen LogP contribution >= 0.6 is 0 Å². The van der Waals surface area contributed by atoms with E-state index in [1.165, 1.54) is 6.20 Å². The molecule has 126 valence electrons. The maximum atomic E-state index is 13.9. The highest BCUT2D eigenvalue weighted by Gasteiger charge is 2.18. The number of benzene rings is 1. The Kier molecular flexibility index (Phi) is 4.72. The van der Waals surface area contributed by atoms with Gasteiger partial charge in [-0.2, -0.15) is 9.78 Å². The van der Waals surface area contributed by atoms with E-state index < -0.39 is 34.4 Å². The van der Waals surface area contributed by atoms with Gasteiger partial charge in [0.1, 0.15) is 11.5 Å². The Labute approximate surface area is 135 Å². The summed E-state index contributed by atoms with van der Waals surface area (Å²) >= 11 is 0. The zero-order valence-electron chi connectivity index (χ0n) is 13.2. The molecule has 0 fully saturated rings. The Morgan fingerprint density at radius 1 is 1.25 bits per heavy atom. The molecule has 0 aliphatic heterocycles. The number of rotatable bonds is 4. The SMILES string of the molecule is CN(C)/C=C/C(=O)c1nn(-c2ccc(F)cc2F)c(=O)n(C)c1=O. The minimum Gasteiger partial charge on any atom is -0.383 e. The average molecular weight is 336 g/mol. The first kappa shape index (κ1) is 17.3. The molecule has 24 heavy (non-hydrogen) atoms. The summed E-state index contributed by atoms with van der Waals surface area (Å²) in [5.74, 6) is -2.63. The van der Waals surface area contributed by atoms with Crippen molar-refractivity contribution in [3.8, 4) is 5.69 Å². The summed E-state index contributed by atoms with van der Waals surface area (Å²) in [6.45, 7) is 0. The molecule has 1 aromatic heterocycles. The normalized spacial score (nSPS) is 11.0. The Hall–Kier alpha value is -3.10. The van der Waals surface area contributed by atoms with Gasteiger partial charge < -0.3 is 4.90 Å². The number of aromatic nitrogens is 3. The van der Waals surface area contributed by atoms with Crippen LogP contribution in [0.2, 0.25) is 0 Å². The fourth-order valence-electron chi connectivity index (χ4n) is 1.83. The average Bonchev–Trinajstić information content (AvgIpc) is 2.51. The molecule has 0 spiro atoms. The van der Waals surface area contributed by atoms with Gasteiger partial charge in [-0.15, -0.1) is 0 Å². The van der Waals surface area contributed by atoms with Gasteiger partial charge in [0.2, 0.25) is 5.78 Å². The number of carbonyl (C=O) groups excluding carboxylic acids is 1. The summed E-state index contributed by atoms with van der Waals surface area (Å²) in [5, 5.41) is 3.66. The molecule has 7 nitrogen and oxygen atoms in total. The summed E-state index contributed by atoms with van der Waals surface area (Å²) in [7, 11) is 4.48. The van der Waals surface area contributed by atoms with E-state index in [0.29, 0.717) is 15.3 Å². The molecular weight excluding hydrogens is 322 g/mol. The monoisotopic (exact) mass is 336 g/mol.